The Bertz CT molecular complexity index is 833. The quantitative estimate of drug-likeness (QED) is 0.694. The molecule has 0 heterocycles. The van der Waals surface area contributed by atoms with Crippen molar-refractivity contribution in [2.45, 2.75) is 0 Å². The highest BCUT2D eigenvalue weighted by atomic mass is 35.5. The van der Waals surface area contributed by atoms with E-state index in [1.54, 1.807) is 24.3 Å². The van der Waals surface area contributed by atoms with E-state index in [0.29, 0.717) is 16.3 Å². The van der Waals surface area contributed by atoms with E-state index in [-0.39, 0.29) is 24.7 Å². The number of halogens is 2. The first-order valence-electron chi connectivity index (χ1n) is 7.30. The van der Waals surface area contributed by atoms with Crippen LogP contribution in [-0.2, 0) is 4.79 Å². The topological polar surface area (TPSA) is 70.2 Å². The molecule has 2 rings (SSSR count). The summed E-state index contributed by atoms with van der Waals surface area (Å²) in [5.74, 6) is 0.876. The van der Waals surface area contributed by atoms with Crippen LogP contribution in [-0.4, -0.2) is 24.9 Å². The smallest absolute Gasteiger partial charge is 0.254 e. The Morgan fingerprint density at radius 1 is 1.16 bits per heavy atom. The summed E-state index contributed by atoms with van der Waals surface area (Å²) in [6.45, 7) is -0.0624. The number of carbonyl (C=O) groups is 2. The van der Waals surface area contributed by atoms with Gasteiger partial charge in [-0.1, -0.05) is 29.7 Å². The molecule has 25 heavy (non-hydrogen) atoms. The summed E-state index contributed by atoms with van der Waals surface area (Å²) in [7, 11) is 0. The van der Waals surface area contributed by atoms with E-state index < -0.39 is 11.7 Å². The molecule has 0 aliphatic heterocycles. The SMILES string of the molecule is C#CCNC(=O)c1ccccc1NCC(=O)Nc1cc(Cl)ccc1F. The van der Waals surface area contributed by atoms with Crippen LogP contribution < -0.4 is 16.0 Å². The van der Waals surface area contributed by atoms with Crippen LogP contribution in [0.15, 0.2) is 42.5 Å². The van der Waals surface area contributed by atoms with E-state index in [4.69, 9.17) is 18.0 Å². The maximum absolute atomic E-state index is 13.6. The number of hydrogen-bond acceptors (Lipinski definition) is 3. The second kappa shape index (κ2) is 8.71. The first kappa shape index (κ1) is 18.3. The third-order valence-corrected chi connectivity index (χ3v) is 3.40. The van der Waals surface area contributed by atoms with Crippen molar-refractivity contribution in [2.24, 2.45) is 0 Å². The molecule has 0 bridgehead atoms. The normalized spacial score (nSPS) is 9.80. The van der Waals surface area contributed by atoms with Crippen molar-refractivity contribution >= 4 is 34.8 Å². The lowest BCUT2D eigenvalue weighted by Gasteiger charge is -2.12. The molecule has 0 fully saturated rings. The Morgan fingerprint density at radius 3 is 2.68 bits per heavy atom. The summed E-state index contributed by atoms with van der Waals surface area (Å²) in [5.41, 5.74) is 0.789. The van der Waals surface area contributed by atoms with Gasteiger partial charge in [0.2, 0.25) is 5.91 Å². The highest BCUT2D eigenvalue weighted by Gasteiger charge is 2.12. The molecule has 2 amide bonds. The second-order valence-electron chi connectivity index (χ2n) is 4.96. The predicted octanol–water partition coefficient (Wildman–Crippen LogP) is 2.89. The highest BCUT2D eigenvalue weighted by molar-refractivity contribution is 6.30. The minimum Gasteiger partial charge on any atom is -0.376 e. The van der Waals surface area contributed by atoms with Crippen LogP contribution in [0.3, 0.4) is 0 Å². The molecule has 2 aromatic rings. The lowest BCUT2D eigenvalue weighted by Crippen LogP contribution is -2.26. The van der Waals surface area contributed by atoms with Crippen molar-refractivity contribution in [3.05, 3.63) is 58.9 Å². The van der Waals surface area contributed by atoms with Crippen molar-refractivity contribution < 1.29 is 14.0 Å². The molecule has 0 spiro atoms. The molecule has 5 nitrogen and oxygen atoms in total. The third-order valence-electron chi connectivity index (χ3n) is 3.16. The van der Waals surface area contributed by atoms with Gasteiger partial charge in [-0.3, -0.25) is 9.59 Å². The molecule has 128 valence electrons. The van der Waals surface area contributed by atoms with E-state index in [1.807, 2.05) is 0 Å². The van der Waals surface area contributed by atoms with Gasteiger partial charge in [0.05, 0.1) is 24.3 Å². The van der Waals surface area contributed by atoms with Crippen molar-refractivity contribution in [1.29, 1.82) is 0 Å². The van der Waals surface area contributed by atoms with Crippen LogP contribution in [0.5, 0.6) is 0 Å². The monoisotopic (exact) mass is 359 g/mol. The number of hydrogen-bond donors (Lipinski definition) is 3. The number of carbonyl (C=O) groups excluding carboxylic acids is 2. The summed E-state index contributed by atoms with van der Waals surface area (Å²) < 4.78 is 13.6. The minimum atomic E-state index is -0.591. The molecule has 2 aromatic carbocycles. The Balaban J connectivity index is 2.01. The maximum Gasteiger partial charge on any atom is 0.254 e. The summed E-state index contributed by atoms with van der Waals surface area (Å²) in [6.07, 6.45) is 5.11. The van der Waals surface area contributed by atoms with E-state index in [2.05, 4.69) is 21.9 Å². The number of terminal acetylenes is 1. The van der Waals surface area contributed by atoms with Gasteiger partial charge in [0.15, 0.2) is 0 Å². The fourth-order valence-electron chi connectivity index (χ4n) is 2.02. The molecule has 0 saturated carbocycles. The Kier molecular flexibility index (Phi) is 6.38. The average Bonchev–Trinajstić information content (AvgIpc) is 2.61. The Labute approximate surface area is 149 Å². The van der Waals surface area contributed by atoms with Crippen molar-refractivity contribution in [1.82, 2.24) is 5.32 Å². The molecule has 0 saturated heterocycles. The van der Waals surface area contributed by atoms with Gasteiger partial charge < -0.3 is 16.0 Å². The van der Waals surface area contributed by atoms with Crippen molar-refractivity contribution in [3.63, 3.8) is 0 Å². The van der Waals surface area contributed by atoms with Crippen molar-refractivity contribution in [3.8, 4) is 12.3 Å². The van der Waals surface area contributed by atoms with Crippen molar-refractivity contribution in [2.75, 3.05) is 23.7 Å². The predicted molar refractivity (Wildman–Crippen MR) is 96.1 cm³/mol. The summed E-state index contributed by atoms with van der Waals surface area (Å²) in [6, 6.07) is 10.5. The zero-order chi connectivity index (χ0) is 18.2. The van der Waals surface area contributed by atoms with Crippen LogP contribution in [0.2, 0.25) is 5.02 Å². The molecular weight excluding hydrogens is 345 g/mol. The maximum atomic E-state index is 13.6. The van der Waals surface area contributed by atoms with E-state index in [1.165, 1.54) is 12.1 Å². The van der Waals surface area contributed by atoms with Gasteiger partial charge in [-0.25, -0.2) is 4.39 Å². The molecular formula is C18H15ClFN3O2. The number of rotatable bonds is 6. The van der Waals surface area contributed by atoms with Gasteiger partial charge in [-0.15, -0.1) is 6.42 Å². The number of benzene rings is 2. The van der Waals surface area contributed by atoms with Crippen LogP contribution in [0, 0.1) is 18.2 Å². The van der Waals surface area contributed by atoms with E-state index in [0.717, 1.165) is 6.07 Å². The largest absolute Gasteiger partial charge is 0.376 e. The first-order valence-corrected chi connectivity index (χ1v) is 7.68. The number of amides is 2. The molecule has 0 radical (unpaired) electrons. The molecule has 0 unspecified atom stereocenters. The zero-order valence-corrected chi connectivity index (χ0v) is 13.9. The third kappa shape index (κ3) is 5.23. The van der Waals surface area contributed by atoms with E-state index >= 15 is 0 Å². The van der Waals surface area contributed by atoms with Gasteiger partial charge in [0.25, 0.3) is 5.91 Å². The standard InChI is InChI=1S/C18H15ClFN3O2/c1-2-9-21-18(25)13-5-3-4-6-15(13)22-11-17(24)23-16-10-12(19)7-8-14(16)20/h1,3-8,10,22H,9,11H2,(H,21,25)(H,23,24). The molecule has 7 heteroatoms. The van der Waals surface area contributed by atoms with Gasteiger partial charge in [0, 0.05) is 10.7 Å². The van der Waals surface area contributed by atoms with Gasteiger partial charge >= 0.3 is 0 Å². The molecule has 0 aromatic heterocycles. The minimum absolute atomic E-state index is 0.0145. The van der Waals surface area contributed by atoms with Gasteiger partial charge in [-0.2, -0.15) is 0 Å². The van der Waals surface area contributed by atoms with Crippen LogP contribution in [0.1, 0.15) is 10.4 Å². The molecule has 0 aliphatic carbocycles. The fraction of sp³-hybridized carbons (Fsp3) is 0.111. The highest BCUT2D eigenvalue weighted by Crippen LogP contribution is 2.19. The van der Waals surface area contributed by atoms with Crippen LogP contribution in [0.4, 0.5) is 15.8 Å². The van der Waals surface area contributed by atoms with Crippen LogP contribution in [0.25, 0.3) is 0 Å². The fourth-order valence-corrected chi connectivity index (χ4v) is 2.20. The number of nitrogens with one attached hydrogen (secondary N) is 3. The Hall–Kier alpha value is -3.04. The first-order chi connectivity index (χ1) is 12.0. The summed E-state index contributed by atoms with van der Waals surface area (Å²) >= 11 is 5.78. The lowest BCUT2D eigenvalue weighted by molar-refractivity contribution is -0.114. The second-order valence-corrected chi connectivity index (χ2v) is 5.39. The van der Waals surface area contributed by atoms with Crippen LogP contribution >= 0.6 is 11.6 Å². The summed E-state index contributed by atoms with van der Waals surface area (Å²) in [4.78, 5) is 24.0. The number of para-hydroxylation sites is 1. The van der Waals surface area contributed by atoms with Gasteiger partial charge in [0.1, 0.15) is 5.82 Å². The molecule has 3 N–H and O–H groups in total. The summed E-state index contributed by atoms with van der Waals surface area (Å²) in [5, 5.41) is 8.12. The average molecular weight is 360 g/mol. The van der Waals surface area contributed by atoms with Gasteiger partial charge in [-0.05, 0) is 30.3 Å². The Morgan fingerprint density at radius 2 is 1.92 bits per heavy atom. The lowest BCUT2D eigenvalue weighted by atomic mass is 10.1. The number of anilines is 2. The zero-order valence-electron chi connectivity index (χ0n) is 13.1. The molecule has 0 aliphatic rings. The van der Waals surface area contributed by atoms with E-state index in [9.17, 15) is 14.0 Å². The molecule has 0 atom stereocenters.